The van der Waals surface area contributed by atoms with Crippen LogP contribution in [0.1, 0.15) is 29.0 Å². The third-order valence-corrected chi connectivity index (χ3v) is 4.05. The second kappa shape index (κ2) is 6.37. The molecule has 0 aliphatic carbocycles. The maximum Gasteiger partial charge on any atom is 0.0408 e. The molecule has 1 aromatic heterocycles. The van der Waals surface area contributed by atoms with Gasteiger partial charge in [-0.2, -0.15) is 0 Å². The summed E-state index contributed by atoms with van der Waals surface area (Å²) in [6.07, 6.45) is 0.977. The van der Waals surface area contributed by atoms with Crippen LogP contribution in [0.25, 0.3) is 0 Å². The molecule has 0 saturated heterocycles. The van der Waals surface area contributed by atoms with Crippen molar-refractivity contribution in [1.82, 2.24) is 5.32 Å². The molecule has 0 spiro atoms. The number of thiophene rings is 1. The summed E-state index contributed by atoms with van der Waals surface area (Å²) < 4.78 is 0. The fourth-order valence-corrected chi connectivity index (χ4v) is 3.07. The number of halogens is 1. The third-order valence-electron chi connectivity index (χ3n) is 2.93. The van der Waals surface area contributed by atoms with Crippen LogP contribution in [0.15, 0.2) is 35.7 Å². The average molecular weight is 280 g/mol. The molecule has 0 aliphatic heterocycles. The van der Waals surface area contributed by atoms with E-state index in [0.29, 0.717) is 6.04 Å². The molecule has 1 atom stereocenters. The maximum atomic E-state index is 6.04. The number of aryl methyl sites for hydroxylation is 1. The van der Waals surface area contributed by atoms with Gasteiger partial charge in [0, 0.05) is 15.9 Å². The van der Waals surface area contributed by atoms with Gasteiger partial charge in [-0.05, 0) is 54.6 Å². The summed E-state index contributed by atoms with van der Waals surface area (Å²) in [5.41, 5.74) is 2.65. The van der Waals surface area contributed by atoms with E-state index in [0.717, 1.165) is 18.0 Å². The van der Waals surface area contributed by atoms with Crippen LogP contribution in [-0.4, -0.2) is 6.54 Å². The van der Waals surface area contributed by atoms with Crippen LogP contribution >= 0.6 is 22.9 Å². The molecule has 1 aromatic carbocycles. The van der Waals surface area contributed by atoms with E-state index in [1.54, 1.807) is 11.3 Å². The summed E-state index contributed by atoms with van der Waals surface area (Å²) >= 11 is 7.84. The van der Waals surface area contributed by atoms with Crippen LogP contribution in [0.3, 0.4) is 0 Å². The van der Waals surface area contributed by atoms with E-state index in [1.165, 1.54) is 16.0 Å². The first kappa shape index (κ1) is 13.6. The van der Waals surface area contributed by atoms with E-state index in [-0.39, 0.29) is 0 Å². The van der Waals surface area contributed by atoms with Crippen LogP contribution in [0.4, 0.5) is 0 Å². The predicted molar refractivity (Wildman–Crippen MR) is 80.6 cm³/mol. The zero-order valence-electron chi connectivity index (χ0n) is 10.7. The summed E-state index contributed by atoms with van der Waals surface area (Å²) in [5, 5.41) is 6.60. The smallest absolute Gasteiger partial charge is 0.0408 e. The summed E-state index contributed by atoms with van der Waals surface area (Å²) in [6.45, 7) is 5.26. The van der Waals surface area contributed by atoms with E-state index in [1.807, 2.05) is 18.2 Å². The lowest BCUT2D eigenvalue weighted by atomic mass is 10.0. The van der Waals surface area contributed by atoms with Gasteiger partial charge in [-0.1, -0.05) is 30.7 Å². The quantitative estimate of drug-likeness (QED) is 0.843. The van der Waals surface area contributed by atoms with Crippen LogP contribution < -0.4 is 5.32 Å². The van der Waals surface area contributed by atoms with Crippen LogP contribution in [0, 0.1) is 6.92 Å². The Balaban J connectivity index is 2.16. The molecule has 0 aliphatic rings. The highest BCUT2D eigenvalue weighted by Crippen LogP contribution is 2.24. The fourth-order valence-electron chi connectivity index (χ4n) is 2.10. The van der Waals surface area contributed by atoms with Crippen molar-refractivity contribution in [2.75, 3.05) is 6.54 Å². The molecular formula is C15H18ClNS. The second-order valence-corrected chi connectivity index (χ2v) is 5.99. The average Bonchev–Trinajstić information content (AvgIpc) is 2.75. The molecule has 2 rings (SSSR count). The standard InChI is InChI=1S/C15H18ClNS/c1-3-17-15(13-7-11(2)18-10-13)9-12-5-4-6-14(16)8-12/h4-8,10,15,17H,3,9H2,1-2H3. The lowest BCUT2D eigenvalue weighted by Gasteiger charge is -2.17. The molecule has 0 saturated carbocycles. The molecule has 2 aromatic rings. The minimum absolute atomic E-state index is 0.374. The third kappa shape index (κ3) is 3.58. The summed E-state index contributed by atoms with van der Waals surface area (Å²) in [6, 6.07) is 10.8. The van der Waals surface area contributed by atoms with Gasteiger partial charge < -0.3 is 5.32 Å². The minimum atomic E-state index is 0.374. The minimum Gasteiger partial charge on any atom is -0.310 e. The Morgan fingerprint density at radius 1 is 1.33 bits per heavy atom. The Labute approximate surface area is 118 Å². The van der Waals surface area contributed by atoms with Crippen molar-refractivity contribution in [2.45, 2.75) is 26.3 Å². The van der Waals surface area contributed by atoms with Crippen LogP contribution in [0.2, 0.25) is 5.02 Å². The van der Waals surface area contributed by atoms with Gasteiger partial charge in [-0.15, -0.1) is 11.3 Å². The van der Waals surface area contributed by atoms with Gasteiger partial charge in [0.25, 0.3) is 0 Å². The van der Waals surface area contributed by atoms with E-state index < -0.39 is 0 Å². The van der Waals surface area contributed by atoms with Crippen LogP contribution in [-0.2, 0) is 6.42 Å². The molecule has 1 nitrogen and oxygen atoms in total. The van der Waals surface area contributed by atoms with Gasteiger partial charge in [-0.25, -0.2) is 0 Å². The lowest BCUT2D eigenvalue weighted by Crippen LogP contribution is -2.22. The Hall–Kier alpha value is -0.830. The zero-order chi connectivity index (χ0) is 13.0. The number of hydrogen-bond donors (Lipinski definition) is 1. The Bertz CT molecular complexity index is 507. The number of nitrogens with one attached hydrogen (secondary N) is 1. The van der Waals surface area contributed by atoms with Crippen molar-refractivity contribution >= 4 is 22.9 Å². The molecule has 3 heteroatoms. The molecule has 0 bridgehead atoms. The van der Waals surface area contributed by atoms with Crippen LogP contribution in [0.5, 0.6) is 0 Å². The van der Waals surface area contributed by atoms with Crippen molar-refractivity contribution in [2.24, 2.45) is 0 Å². The predicted octanol–water partition coefficient (Wildman–Crippen LogP) is 4.60. The van der Waals surface area contributed by atoms with Crippen molar-refractivity contribution in [3.05, 3.63) is 56.7 Å². The monoisotopic (exact) mass is 279 g/mol. The number of hydrogen-bond acceptors (Lipinski definition) is 2. The molecular weight excluding hydrogens is 262 g/mol. The molecule has 1 unspecified atom stereocenters. The molecule has 0 amide bonds. The fraction of sp³-hybridized carbons (Fsp3) is 0.333. The summed E-state index contributed by atoms with van der Waals surface area (Å²) in [4.78, 5) is 1.36. The van der Waals surface area contributed by atoms with E-state index in [4.69, 9.17) is 11.6 Å². The summed E-state index contributed by atoms with van der Waals surface area (Å²) in [7, 11) is 0. The molecule has 1 N–H and O–H groups in total. The van der Waals surface area contributed by atoms with E-state index in [2.05, 4.69) is 36.7 Å². The first-order valence-corrected chi connectivity index (χ1v) is 7.47. The van der Waals surface area contributed by atoms with Gasteiger partial charge in [0.1, 0.15) is 0 Å². The largest absolute Gasteiger partial charge is 0.310 e. The topological polar surface area (TPSA) is 12.0 Å². The molecule has 0 fully saturated rings. The molecule has 1 heterocycles. The maximum absolute atomic E-state index is 6.04. The van der Waals surface area contributed by atoms with Gasteiger partial charge in [0.15, 0.2) is 0 Å². The Kier molecular flexibility index (Phi) is 4.81. The zero-order valence-corrected chi connectivity index (χ0v) is 12.3. The highest BCUT2D eigenvalue weighted by Gasteiger charge is 2.12. The van der Waals surface area contributed by atoms with Gasteiger partial charge in [-0.3, -0.25) is 0 Å². The van der Waals surface area contributed by atoms with Crippen molar-refractivity contribution < 1.29 is 0 Å². The normalized spacial score (nSPS) is 12.6. The first-order chi connectivity index (χ1) is 8.69. The summed E-state index contributed by atoms with van der Waals surface area (Å²) in [5.74, 6) is 0. The van der Waals surface area contributed by atoms with Crippen molar-refractivity contribution in [1.29, 1.82) is 0 Å². The highest BCUT2D eigenvalue weighted by atomic mass is 35.5. The molecule has 96 valence electrons. The number of likely N-dealkylation sites (N-methyl/N-ethyl adjacent to an activating group) is 1. The van der Waals surface area contributed by atoms with E-state index >= 15 is 0 Å². The first-order valence-electron chi connectivity index (χ1n) is 6.22. The number of benzene rings is 1. The van der Waals surface area contributed by atoms with Gasteiger partial charge in [0.2, 0.25) is 0 Å². The number of rotatable bonds is 5. The second-order valence-electron chi connectivity index (χ2n) is 4.43. The highest BCUT2D eigenvalue weighted by molar-refractivity contribution is 7.10. The molecule has 0 radical (unpaired) electrons. The Morgan fingerprint density at radius 3 is 2.78 bits per heavy atom. The SMILES string of the molecule is CCNC(Cc1cccc(Cl)c1)c1csc(C)c1. The van der Waals surface area contributed by atoms with Crippen molar-refractivity contribution in [3.63, 3.8) is 0 Å². The van der Waals surface area contributed by atoms with Crippen molar-refractivity contribution in [3.8, 4) is 0 Å². The molecule has 18 heavy (non-hydrogen) atoms. The lowest BCUT2D eigenvalue weighted by molar-refractivity contribution is 0.551. The van der Waals surface area contributed by atoms with Gasteiger partial charge >= 0.3 is 0 Å². The Morgan fingerprint density at radius 2 is 2.17 bits per heavy atom. The van der Waals surface area contributed by atoms with Gasteiger partial charge in [0.05, 0.1) is 0 Å². The van der Waals surface area contributed by atoms with E-state index in [9.17, 15) is 0 Å².